The van der Waals surface area contributed by atoms with Gasteiger partial charge in [0.1, 0.15) is 6.10 Å². The lowest BCUT2D eigenvalue weighted by atomic mass is 10.0. The number of benzene rings is 1. The summed E-state index contributed by atoms with van der Waals surface area (Å²) in [5, 5.41) is 16.4. The Bertz CT molecular complexity index is 964. The number of aliphatic hydroxyl groups is 1. The van der Waals surface area contributed by atoms with Crippen LogP contribution in [0.5, 0.6) is 0 Å². The lowest BCUT2D eigenvalue weighted by Gasteiger charge is -2.19. The Morgan fingerprint density at radius 1 is 1.34 bits per heavy atom. The van der Waals surface area contributed by atoms with Crippen molar-refractivity contribution in [1.82, 2.24) is 15.1 Å². The first kappa shape index (κ1) is 18.0. The molecule has 1 unspecified atom stereocenters. The van der Waals surface area contributed by atoms with Crippen LogP contribution < -0.4 is 15.1 Å². The van der Waals surface area contributed by atoms with Crippen molar-refractivity contribution in [3.8, 4) is 0 Å². The van der Waals surface area contributed by atoms with E-state index in [1.807, 2.05) is 18.3 Å². The maximum atomic E-state index is 12.4. The predicted octanol–water partition coefficient (Wildman–Crippen LogP) is 0.782. The molecule has 4 heterocycles. The van der Waals surface area contributed by atoms with Gasteiger partial charge in [-0.05, 0) is 30.2 Å². The second-order valence-electron chi connectivity index (χ2n) is 7.76. The van der Waals surface area contributed by atoms with Gasteiger partial charge in [0, 0.05) is 30.9 Å². The smallest absolute Gasteiger partial charge is 0.415 e. The summed E-state index contributed by atoms with van der Waals surface area (Å²) >= 11 is 0. The first-order valence-electron chi connectivity index (χ1n) is 9.81. The number of anilines is 2. The highest BCUT2D eigenvalue weighted by molar-refractivity contribution is 5.94. The molecule has 1 saturated heterocycles. The summed E-state index contributed by atoms with van der Waals surface area (Å²) in [6.45, 7) is 3.88. The number of nitrogens with one attached hydrogen (secondary N) is 1. The summed E-state index contributed by atoms with van der Waals surface area (Å²) < 4.78 is 7.25. The predicted molar refractivity (Wildman–Crippen MR) is 105 cm³/mol. The molecule has 0 bridgehead atoms. The van der Waals surface area contributed by atoms with Crippen LogP contribution in [0.3, 0.4) is 0 Å². The molecular weight excluding hydrogens is 374 g/mol. The molecule has 3 aliphatic heterocycles. The van der Waals surface area contributed by atoms with Crippen LogP contribution in [0, 0.1) is 0 Å². The number of carbonyl (C=O) groups is 2. The molecule has 152 valence electrons. The minimum absolute atomic E-state index is 0.0815. The van der Waals surface area contributed by atoms with Crippen LogP contribution in [-0.4, -0.2) is 52.2 Å². The van der Waals surface area contributed by atoms with E-state index in [1.165, 1.54) is 12.5 Å². The normalized spacial score (nSPS) is 21.8. The van der Waals surface area contributed by atoms with Crippen molar-refractivity contribution in [3.63, 3.8) is 0 Å². The summed E-state index contributed by atoms with van der Waals surface area (Å²) in [5.41, 5.74) is 5.33. The Kier molecular flexibility index (Phi) is 4.20. The standard InChI is InChI=1S/C20H23N5O4/c1-12(27)21-8-19-18-7-13-6-15(2-3-17(13)25(18)20(28)29-19)23-9-14-10-24(4-5-26)22-16(14)11-23/h2-3,6,10,18-19,26H,4-5,7-9,11H2,1H3,(H,21,27)/t18?,19-/m0/s1. The third-order valence-electron chi connectivity index (χ3n) is 5.83. The number of hydrogen-bond donors (Lipinski definition) is 2. The van der Waals surface area contributed by atoms with Gasteiger partial charge in [0.05, 0.1) is 43.7 Å². The van der Waals surface area contributed by atoms with Crippen LogP contribution in [0.15, 0.2) is 24.4 Å². The lowest BCUT2D eigenvalue weighted by Crippen LogP contribution is -2.40. The Labute approximate surface area is 167 Å². The highest BCUT2D eigenvalue weighted by Crippen LogP contribution is 2.41. The fourth-order valence-electron chi connectivity index (χ4n) is 4.49. The molecule has 1 aromatic heterocycles. The molecule has 0 radical (unpaired) electrons. The summed E-state index contributed by atoms with van der Waals surface area (Å²) in [7, 11) is 0. The number of nitrogens with zero attached hydrogens (tertiary/aromatic N) is 4. The molecule has 9 heteroatoms. The zero-order valence-electron chi connectivity index (χ0n) is 16.2. The summed E-state index contributed by atoms with van der Waals surface area (Å²) in [4.78, 5) is 27.6. The number of amides is 2. The van der Waals surface area contributed by atoms with Gasteiger partial charge in [-0.15, -0.1) is 0 Å². The third-order valence-corrected chi connectivity index (χ3v) is 5.83. The first-order chi connectivity index (χ1) is 14.0. The van der Waals surface area contributed by atoms with E-state index in [0.29, 0.717) is 19.5 Å². The number of aliphatic hydroxyl groups excluding tert-OH is 1. The molecule has 0 spiro atoms. The lowest BCUT2D eigenvalue weighted by molar-refractivity contribution is -0.119. The van der Waals surface area contributed by atoms with Gasteiger partial charge in [-0.25, -0.2) is 4.79 Å². The van der Waals surface area contributed by atoms with E-state index in [2.05, 4.69) is 21.4 Å². The van der Waals surface area contributed by atoms with Crippen LogP contribution >= 0.6 is 0 Å². The minimum atomic E-state index is -0.351. The molecule has 2 atom stereocenters. The summed E-state index contributed by atoms with van der Waals surface area (Å²) in [6, 6.07) is 6.07. The van der Waals surface area contributed by atoms with E-state index in [4.69, 9.17) is 9.84 Å². The molecule has 29 heavy (non-hydrogen) atoms. The fraction of sp³-hybridized carbons (Fsp3) is 0.450. The second-order valence-corrected chi connectivity index (χ2v) is 7.76. The number of cyclic esters (lactones) is 1. The fourth-order valence-corrected chi connectivity index (χ4v) is 4.49. The van der Waals surface area contributed by atoms with Gasteiger partial charge in [0.2, 0.25) is 5.91 Å². The van der Waals surface area contributed by atoms with Gasteiger partial charge in [0.15, 0.2) is 0 Å². The molecule has 2 amide bonds. The highest BCUT2D eigenvalue weighted by Gasteiger charge is 2.47. The van der Waals surface area contributed by atoms with Crippen molar-refractivity contribution in [2.75, 3.05) is 23.0 Å². The zero-order valence-corrected chi connectivity index (χ0v) is 16.2. The monoisotopic (exact) mass is 397 g/mol. The average molecular weight is 397 g/mol. The molecule has 1 aromatic carbocycles. The largest absolute Gasteiger partial charge is 0.442 e. The Morgan fingerprint density at radius 2 is 2.21 bits per heavy atom. The quantitative estimate of drug-likeness (QED) is 0.774. The van der Waals surface area contributed by atoms with E-state index in [0.717, 1.165) is 35.7 Å². The molecular formula is C20H23N5O4. The van der Waals surface area contributed by atoms with Crippen LogP contribution in [0.2, 0.25) is 0 Å². The summed E-state index contributed by atoms with van der Waals surface area (Å²) in [6.07, 6.45) is 2.01. The number of aromatic nitrogens is 2. The van der Waals surface area contributed by atoms with Gasteiger partial charge in [0.25, 0.3) is 0 Å². The van der Waals surface area contributed by atoms with Crippen molar-refractivity contribution < 1.29 is 19.4 Å². The molecule has 5 rings (SSSR count). The number of fused-ring (bicyclic) bond motifs is 4. The molecule has 0 aliphatic carbocycles. The molecule has 9 nitrogen and oxygen atoms in total. The Morgan fingerprint density at radius 3 is 2.97 bits per heavy atom. The summed E-state index contributed by atoms with van der Waals surface area (Å²) in [5.74, 6) is -0.133. The van der Waals surface area contributed by atoms with Crippen LogP contribution in [0.25, 0.3) is 0 Å². The van der Waals surface area contributed by atoms with Crippen molar-refractivity contribution in [2.45, 2.75) is 45.1 Å². The highest BCUT2D eigenvalue weighted by atomic mass is 16.6. The first-order valence-corrected chi connectivity index (χ1v) is 9.81. The number of carbonyl (C=O) groups excluding carboxylic acids is 2. The SMILES string of the molecule is CC(=O)NC[C@@H]1OC(=O)N2c3ccc(N4Cc5cn(CCO)nc5C4)cc3CC12. The van der Waals surface area contributed by atoms with Crippen LogP contribution in [0.1, 0.15) is 23.7 Å². The average Bonchev–Trinajstić information content (AvgIpc) is 3.39. The van der Waals surface area contributed by atoms with Crippen molar-refractivity contribution in [3.05, 3.63) is 41.2 Å². The van der Waals surface area contributed by atoms with Gasteiger partial charge in [-0.2, -0.15) is 5.10 Å². The molecule has 1 fully saturated rings. The number of ether oxygens (including phenoxy) is 1. The maximum Gasteiger partial charge on any atom is 0.415 e. The molecule has 2 N–H and O–H groups in total. The van der Waals surface area contributed by atoms with E-state index in [1.54, 1.807) is 9.58 Å². The van der Waals surface area contributed by atoms with E-state index in [9.17, 15) is 9.59 Å². The van der Waals surface area contributed by atoms with Crippen LogP contribution in [-0.2, 0) is 35.6 Å². The molecule has 0 saturated carbocycles. The topological polar surface area (TPSA) is 99.9 Å². The van der Waals surface area contributed by atoms with Crippen molar-refractivity contribution in [1.29, 1.82) is 0 Å². The number of hydrogen-bond acceptors (Lipinski definition) is 6. The van der Waals surface area contributed by atoms with E-state index in [-0.39, 0.29) is 30.8 Å². The third kappa shape index (κ3) is 3.02. The Balaban J connectivity index is 1.33. The number of rotatable bonds is 5. The molecule has 3 aliphatic rings. The zero-order chi connectivity index (χ0) is 20.1. The van der Waals surface area contributed by atoms with Gasteiger partial charge in [-0.3, -0.25) is 14.4 Å². The van der Waals surface area contributed by atoms with Crippen LogP contribution in [0.4, 0.5) is 16.2 Å². The Hall–Kier alpha value is -3.07. The minimum Gasteiger partial charge on any atom is -0.442 e. The molecule has 2 aromatic rings. The second kappa shape index (κ2) is 6.77. The van der Waals surface area contributed by atoms with Gasteiger partial charge in [-0.1, -0.05) is 0 Å². The van der Waals surface area contributed by atoms with Gasteiger partial charge >= 0.3 is 6.09 Å². The van der Waals surface area contributed by atoms with Crippen molar-refractivity contribution in [2.24, 2.45) is 0 Å². The maximum absolute atomic E-state index is 12.4. The van der Waals surface area contributed by atoms with E-state index >= 15 is 0 Å². The van der Waals surface area contributed by atoms with E-state index < -0.39 is 0 Å². The van der Waals surface area contributed by atoms with Crippen molar-refractivity contribution >= 4 is 23.4 Å². The van der Waals surface area contributed by atoms with Gasteiger partial charge < -0.3 is 20.1 Å².